The van der Waals surface area contributed by atoms with Crippen molar-refractivity contribution in [2.75, 3.05) is 6.54 Å². The molecule has 1 unspecified atom stereocenters. The SMILES string of the molecule is CCNC(c1cccs1)c1cccc(Br)c1F. The first-order chi connectivity index (χ1) is 8.24. The minimum absolute atomic E-state index is 0.0718. The molecule has 0 bridgehead atoms. The highest BCUT2D eigenvalue weighted by molar-refractivity contribution is 9.10. The van der Waals surface area contributed by atoms with E-state index >= 15 is 0 Å². The van der Waals surface area contributed by atoms with Crippen molar-refractivity contribution in [1.29, 1.82) is 0 Å². The van der Waals surface area contributed by atoms with Crippen LogP contribution in [0.25, 0.3) is 0 Å². The third-order valence-corrected chi connectivity index (χ3v) is 4.08. The standard InChI is InChI=1S/C13H13BrFNS/c1-2-16-13(11-7-4-8-17-11)9-5-3-6-10(14)12(9)15/h3-8,13,16H,2H2,1H3. The fraction of sp³-hybridized carbons (Fsp3) is 0.231. The number of hydrogen-bond donors (Lipinski definition) is 1. The molecule has 90 valence electrons. The molecule has 0 aliphatic rings. The normalized spacial score (nSPS) is 12.6. The van der Waals surface area contributed by atoms with Crippen LogP contribution in [0.2, 0.25) is 0 Å². The Hall–Kier alpha value is -0.710. The Morgan fingerprint density at radius 3 is 2.82 bits per heavy atom. The van der Waals surface area contributed by atoms with Crippen molar-refractivity contribution in [3.8, 4) is 0 Å². The molecular weight excluding hydrogens is 301 g/mol. The highest BCUT2D eigenvalue weighted by Gasteiger charge is 2.18. The van der Waals surface area contributed by atoms with Gasteiger partial charge in [0.1, 0.15) is 5.82 Å². The zero-order valence-corrected chi connectivity index (χ0v) is 11.8. The zero-order valence-electron chi connectivity index (χ0n) is 9.41. The molecule has 0 spiro atoms. The molecule has 1 aromatic carbocycles. The maximum atomic E-state index is 14.1. The van der Waals surface area contributed by atoms with Crippen LogP contribution in [0.3, 0.4) is 0 Å². The Morgan fingerprint density at radius 2 is 2.18 bits per heavy atom. The van der Waals surface area contributed by atoms with Crippen LogP contribution >= 0.6 is 27.3 Å². The molecule has 1 heterocycles. The lowest BCUT2D eigenvalue weighted by atomic mass is 10.0. The highest BCUT2D eigenvalue weighted by atomic mass is 79.9. The summed E-state index contributed by atoms with van der Waals surface area (Å²) in [6.45, 7) is 2.82. The van der Waals surface area contributed by atoms with Crippen molar-refractivity contribution in [1.82, 2.24) is 5.32 Å². The lowest BCUT2D eigenvalue weighted by molar-refractivity contribution is 0.559. The summed E-state index contributed by atoms with van der Waals surface area (Å²) in [7, 11) is 0. The zero-order chi connectivity index (χ0) is 12.3. The lowest BCUT2D eigenvalue weighted by Crippen LogP contribution is -2.22. The van der Waals surface area contributed by atoms with E-state index in [1.807, 2.05) is 36.6 Å². The van der Waals surface area contributed by atoms with Gasteiger partial charge in [0, 0.05) is 10.4 Å². The second kappa shape index (κ2) is 5.76. The van der Waals surface area contributed by atoms with Crippen LogP contribution < -0.4 is 5.32 Å². The van der Waals surface area contributed by atoms with Crippen LogP contribution in [0.4, 0.5) is 4.39 Å². The average molecular weight is 314 g/mol. The number of nitrogens with one attached hydrogen (secondary N) is 1. The number of halogens is 2. The Kier molecular flexibility index (Phi) is 4.31. The Balaban J connectivity index is 2.43. The molecule has 1 atom stereocenters. The lowest BCUT2D eigenvalue weighted by Gasteiger charge is -2.18. The Morgan fingerprint density at radius 1 is 1.35 bits per heavy atom. The molecule has 0 aliphatic heterocycles. The van der Waals surface area contributed by atoms with Gasteiger partial charge in [-0.25, -0.2) is 4.39 Å². The van der Waals surface area contributed by atoms with E-state index < -0.39 is 0 Å². The van der Waals surface area contributed by atoms with E-state index in [1.54, 1.807) is 17.4 Å². The van der Waals surface area contributed by atoms with Crippen LogP contribution in [0.5, 0.6) is 0 Å². The molecule has 0 aliphatic carbocycles. The summed E-state index contributed by atoms with van der Waals surface area (Å²) in [4.78, 5) is 1.13. The summed E-state index contributed by atoms with van der Waals surface area (Å²) in [5.41, 5.74) is 0.684. The van der Waals surface area contributed by atoms with Crippen LogP contribution in [-0.4, -0.2) is 6.54 Å². The minimum atomic E-state index is -0.188. The minimum Gasteiger partial charge on any atom is -0.306 e. The topological polar surface area (TPSA) is 12.0 Å². The molecule has 0 saturated heterocycles. The monoisotopic (exact) mass is 313 g/mol. The summed E-state index contributed by atoms with van der Waals surface area (Å²) in [5, 5.41) is 5.33. The van der Waals surface area contributed by atoms with Crippen LogP contribution in [0, 0.1) is 5.82 Å². The second-order valence-electron chi connectivity index (χ2n) is 3.65. The molecule has 4 heteroatoms. The van der Waals surface area contributed by atoms with E-state index in [1.165, 1.54) is 0 Å². The fourth-order valence-electron chi connectivity index (χ4n) is 1.77. The molecule has 0 radical (unpaired) electrons. The van der Waals surface area contributed by atoms with E-state index in [9.17, 15) is 4.39 Å². The Bertz CT molecular complexity index is 484. The van der Waals surface area contributed by atoms with Gasteiger partial charge in [-0.15, -0.1) is 11.3 Å². The van der Waals surface area contributed by atoms with Gasteiger partial charge in [-0.2, -0.15) is 0 Å². The largest absolute Gasteiger partial charge is 0.306 e. The van der Waals surface area contributed by atoms with Gasteiger partial charge in [0.15, 0.2) is 0 Å². The van der Waals surface area contributed by atoms with Gasteiger partial charge >= 0.3 is 0 Å². The number of rotatable bonds is 4. The first kappa shape index (κ1) is 12.7. The van der Waals surface area contributed by atoms with E-state index in [4.69, 9.17) is 0 Å². The number of hydrogen-bond acceptors (Lipinski definition) is 2. The highest BCUT2D eigenvalue weighted by Crippen LogP contribution is 2.30. The smallest absolute Gasteiger partial charge is 0.142 e. The predicted octanol–water partition coefficient (Wildman–Crippen LogP) is 4.35. The molecule has 1 N–H and O–H groups in total. The quantitative estimate of drug-likeness (QED) is 0.885. The predicted molar refractivity (Wildman–Crippen MR) is 73.9 cm³/mol. The van der Waals surface area contributed by atoms with Crippen molar-refractivity contribution >= 4 is 27.3 Å². The van der Waals surface area contributed by atoms with Gasteiger partial charge in [-0.05, 0) is 40.0 Å². The first-order valence-corrected chi connectivity index (χ1v) is 7.12. The van der Waals surface area contributed by atoms with E-state index in [0.717, 1.165) is 11.4 Å². The van der Waals surface area contributed by atoms with Crippen molar-refractivity contribution < 1.29 is 4.39 Å². The number of thiophene rings is 1. The van der Waals surface area contributed by atoms with Crippen molar-refractivity contribution in [2.45, 2.75) is 13.0 Å². The second-order valence-corrected chi connectivity index (χ2v) is 5.48. The molecule has 2 aromatic rings. The van der Waals surface area contributed by atoms with E-state index in [-0.39, 0.29) is 11.9 Å². The van der Waals surface area contributed by atoms with Crippen molar-refractivity contribution in [2.24, 2.45) is 0 Å². The summed E-state index contributed by atoms with van der Waals surface area (Å²) in [6, 6.07) is 9.35. The van der Waals surface area contributed by atoms with Crippen molar-refractivity contribution in [3.05, 3.63) is 56.4 Å². The van der Waals surface area contributed by atoms with E-state index in [2.05, 4.69) is 21.2 Å². The van der Waals surface area contributed by atoms with Crippen LogP contribution in [0.1, 0.15) is 23.4 Å². The molecule has 0 fully saturated rings. The third kappa shape index (κ3) is 2.76. The fourth-order valence-corrected chi connectivity index (χ4v) is 2.97. The van der Waals surface area contributed by atoms with Gasteiger partial charge in [-0.3, -0.25) is 0 Å². The van der Waals surface area contributed by atoms with Gasteiger partial charge in [0.05, 0.1) is 10.5 Å². The molecule has 2 rings (SSSR count). The molecule has 0 amide bonds. The number of benzene rings is 1. The van der Waals surface area contributed by atoms with Crippen LogP contribution in [0.15, 0.2) is 40.2 Å². The summed E-state index contributed by atoms with van der Waals surface area (Å²) >= 11 is 4.87. The first-order valence-electron chi connectivity index (χ1n) is 5.44. The van der Waals surface area contributed by atoms with Crippen molar-refractivity contribution in [3.63, 3.8) is 0 Å². The van der Waals surface area contributed by atoms with E-state index in [0.29, 0.717) is 10.0 Å². The average Bonchev–Trinajstić information content (AvgIpc) is 2.84. The van der Waals surface area contributed by atoms with Gasteiger partial charge in [-0.1, -0.05) is 25.1 Å². The van der Waals surface area contributed by atoms with Gasteiger partial charge in [0.25, 0.3) is 0 Å². The summed E-state index contributed by atoms with van der Waals surface area (Å²) < 4.78 is 14.6. The molecule has 1 aromatic heterocycles. The summed E-state index contributed by atoms with van der Waals surface area (Å²) in [5.74, 6) is -0.188. The molecule has 0 saturated carbocycles. The van der Waals surface area contributed by atoms with Gasteiger partial charge < -0.3 is 5.32 Å². The summed E-state index contributed by atoms with van der Waals surface area (Å²) in [6.07, 6.45) is 0. The van der Waals surface area contributed by atoms with Gasteiger partial charge in [0.2, 0.25) is 0 Å². The molecule has 1 nitrogen and oxygen atoms in total. The molecule has 17 heavy (non-hydrogen) atoms. The molecular formula is C13H13BrFNS. The third-order valence-electron chi connectivity index (χ3n) is 2.53. The van der Waals surface area contributed by atoms with Crippen LogP contribution in [-0.2, 0) is 0 Å². The maximum absolute atomic E-state index is 14.1. The Labute approximate surface area is 113 Å². The maximum Gasteiger partial charge on any atom is 0.142 e.